The molecule has 2 rings (SSSR count). The van der Waals surface area contributed by atoms with E-state index in [0.29, 0.717) is 5.56 Å². The van der Waals surface area contributed by atoms with Crippen LogP contribution in [0.4, 0.5) is 13.2 Å². The molecule has 128 valence electrons. The largest absolute Gasteiger partial charge is 0.480 e. The molecule has 11 heteroatoms. The minimum Gasteiger partial charge on any atom is -0.480 e. The molecule has 0 saturated carbocycles. The van der Waals surface area contributed by atoms with Gasteiger partial charge >= 0.3 is 12.1 Å². The van der Waals surface area contributed by atoms with Crippen molar-refractivity contribution in [2.24, 2.45) is 0 Å². The Balaban J connectivity index is 2.10. The zero-order chi connectivity index (χ0) is 17.7. The molecule has 0 aliphatic rings. The van der Waals surface area contributed by atoms with Crippen LogP contribution in [0.5, 0.6) is 0 Å². The van der Waals surface area contributed by atoms with E-state index >= 15 is 0 Å². The molecule has 1 aromatic heterocycles. The summed E-state index contributed by atoms with van der Waals surface area (Å²) in [6.45, 7) is -1.02. The number of tetrazole rings is 1. The van der Waals surface area contributed by atoms with E-state index in [1.54, 1.807) is 0 Å². The quantitative estimate of drug-likeness (QED) is 0.833. The number of amides is 1. The predicted octanol–water partition coefficient (Wildman–Crippen LogP) is 0.805. The molecule has 0 atom stereocenters. The minimum absolute atomic E-state index is 0.147. The molecule has 24 heavy (non-hydrogen) atoms. The highest BCUT2D eigenvalue weighted by Gasteiger charge is 2.30. The average Bonchev–Trinajstić information content (AvgIpc) is 2.98. The molecule has 1 amide bonds. The van der Waals surface area contributed by atoms with Crippen molar-refractivity contribution in [3.63, 3.8) is 0 Å². The Morgan fingerprint density at radius 1 is 1.21 bits per heavy atom. The van der Waals surface area contributed by atoms with Crippen molar-refractivity contribution < 1.29 is 27.9 Å². The summed E-state index contributed by atoms with van der Waals surface area (Å²) in [5.74, 6) is -1.82. The maximum Gasteiger partial charge on any atom is 0.416 e. The topological polar surface area (TPSA) is 101 Å². The molecule has 1 heterocycles. The molecular weight excluding hydrogens is 331 g/mol. The number of carbonyl (C=O) groups is 2. The molecule has 0 fully saturated rings. The van der Waals surface area contributed by atoms with Crippen LogP contribution in [0.3, 0.4) is 0 Å². The van der Waals surface area contributed by atoms with Crippen molar-refractivity contribution in [3.8, 4) is 0 Å². The lowest BCUT2D eigenvalue weighted by molar-refractivity contribution is -0.145. The van der Waals surface area contributed by atoms with Gasteiger partial charge in [-0.25, -0.2) is 4.68 Å². The van der Waals surface area contributed by atoms with E-state index in [4.69, 9.17) is 5.11 Å². The number of halogens is 3. The first kappa shape index (κ1) is 17.4. The summed E-state index contributed by atoms with van der Waals surface area (Å²) < 4.78 is 38.7. The number of hydrogen-bond donors (Lipinski definition) is 1. The Bertz CT molecular complexity index is 701. The van der Waals surface area contributed by atoms with Crippen molar-refractivity contribution >= 4 is 11.9 Å². The maximum atomic E-state index is 12.5. The van der Waals surface area contributed by atoms with E-state index in [9.17, 15) is 22.8 Å². The number of aromatic nitrogens is 4. The molecule has 0 bridgehead atoms. The Hall–Kier alpha value is -2.98. The molecular formula is C13H12F3N5O3. The Labute approximate surface area is 133 Å². The normalized spacial score (nSPS) is 11.3. The molecule has 0 aliphatic heterocycles. The third kappa shape index (κ3) is 4.76. The van der Waals surface area contributed by atoms with Gasteiger partial charge in [-0.3, -0.25) is 9.59 Å². The van der Waals surface area contributed by atoms with Crippen LogP contribution >= 0.6 is 0 Å². The number of carboxylic acid groups (broad SMARTS) is 1. The van der Waals surface area contributed by atoms with Crippen LogP contribution in [0.15, 0.2) is 30.6 Å². The summed E-state index contributed by atoms with van der Waals surface area (Å²) in [5.41, 5.74) is -0.453. The van der Waals surface area contributed by atoms with Crippen LogP contribution in [0.1, 0.15) is 11.1 Å². The fourth-order valence-corrected chi connectivity index (χ4v) is 1.91. The minimum atomic E-state index is -4.46. The highest BCUT2D eigenvalue weighted by molar-refractivity contribution is 5.81. The van der Waals surface area contributed by atoms with E-state index in [1.807, 2.05) is 0 Å². The molecule has 8 nitrogen and oxygen atoms in total. The number of rotatable bonds is 6. The summed E-state index contributed by atoms with van der Waals surface area (Å²) in [5, 5.41) is 19.1. The Kier molecular flexibility index (Phi) is 5.11. The lowest BCUT2D eigenvalue weighted by Crippen LogP contribution is -2.37. The number of benzene rings is 1. The Morgan fingerprint density at radius 3 is 2.38 bits per heavy atom. The highest BCUT2D eigenvalue weighted by Crippen LogP contribution is 2.29. The van der Waals surface area contributed by atoms with Gasteiger partial charge in [0.1, 0.15) is 19.4 Å². The lowest BCUT2D eigenvalue weighted by Gasteiger charge is -2.21. The first-order chi connectivity index (χ1) is 11.3. The second-order valence-electron chi connectivity index (χ2n) is 4.85. The standard InChI is InChI=1S/C13H12F3N5O3/c14-13(15,16)10-3-1-9(2-4-10)5-20(7-12(23)24)11(22)6-21-8-17-18-19-21/h1-4,8H,5-7H2,(H,23,24). The van der Waals surface area contributed by atoms with Crippen molar-refractivity contribution in [2.45, 2.75) is 19.3 Å². The van der Waals surface area contributed by atoms with Crippen LogP contribution in [0, 0.1) is 0 Å². The number of carboxylic acids is 1. The van der Waals surface area contributed by atoms with E-state index < -0.39 is 30.2 Å². The second-order valence-corrected chi connectivity index (χ2v) is 4.85. The van der Waals surface area contributed by atoms with Gasteiger partial charge < -0.3 is 10.0 Å². The van der Waals surface area contributed by atoms with Gasteiger partial charge in [0, 0.05) is 6.54 Å². The molecule has 0 radical (unpaired) electrons. The average molecular weight is 343 g/mol. The fraction of sp³-hybridized carbons (Fsp3) is 0.308. The van der Waals surface area contributed by atoms with Crippen molar-refractivity contribution in [1.29, 1.82) is 0 Å². The van der Waals surface area contributed by atoms with Crippen LogP contribution in [-0.4, -0.2) is 48.6 Å². The molecule has 1 aromatic carbocycles. The molecule has 1 N–H and O–H groups in total. The van der Waals surface area contributed by atoms with E-state index in [1.165, 1.54) is 18.5 Å². The molecule has 0 aliphatic carbocycles. The maximum absolute atomic E-state index is 12.5. The van der Waals surface area contributed by atoms with Crippen molar-refractivity contribution in [3.05, 3.63) is 41.7 Å². The van der Waals surface area contributed by atoms with Crippen molar-refractivity contribution in [1.82, 2.24) is 25.1 Å². The Morgan fingerprint density at radius 2 is 1.88 bits per heavy atom. The highest BCUT2D eigenvalue weighted by atomic mass is 19.4. The number of nitrogens with zero attached hydrogens (tertiary/aromatic N) is 5. The monoisotopic (exact) mass is 343 g/mol. The predicted molar refractivity (Wildman–Crippen MR) is 72.3 cm³/mol. The van der Waals surface area contributed by atoms with Crippen LogP contribution < -0.4 is 0 Å². The second kappa shape index (κ2) is 7.06. The lowest BCUT2D eigenvalue weighted by atomic mass is 10.1. The fourth-order valence-electron chi connectivity index (χ4n) is 1.91. The van der Waals surface area contributed by atoms with Crippen LogP contribution in [0.2, 0.25) is 0 Å². The summed E-state index contributed by atoms with van der Waals surface area (Å²) in [4.78, 5) is 24.0. The van der Waals surface area contributed by atoms with Gasteiger partial charge in [-0.05, 0) is 28.1 Å². The van der Waals surface area contributed by atoms with Gasteiger partial charge in [0.15, 0.2) is 0 Å². The number of aliphatic carboxylic acids is 1. The molecule has 0 saturated heterocycles. The van der Waals surface area contributed by atoms with E-state index in [-0.39, 0.29) is 13.1 Å². The van der Waals surface area contributed by atoms with Gasteiger partial charge in [0.05, 0.1) is 5.56 Å². The number of hydrogen-bond acceptors (Lipinski definition) is 5. The third-order valence-corrected chi connectivity index (χ3v) is 3.02. The summed E-state index contributed by atoms with van der Waals surface area (Å²) >= 11 is 0. The smallest absolute Gasteiger partial charge is 0.416 e. The SMILES string of the molecule is O=C(O)CN(Cc1ccc(C(F)(F)F)cc1)C(=O)Cn1cnnn1. The first-order valence-electron chi connectivity index (χ1n) is 6.62. The molecule has 0 unspecified atom stereocenters. The molecule has 2 aromatic rings. The van der Waals surface area contributed by atoms with E-state index in [0.717, 1.165) is 21.7 Å². The molecule has 0 spiro atoms. The van der Waals surface area contributed by atoms with Crippen LogP contribution in [0.25, 0.3) is 0 Å². The summed E-state index contributed by atoms with van der Waals surface area (Å²) in [6.07, 6.45) is -3.27. The summed E-state index contributed by atoms with van der Waals surface area (Å²) in [6, 6.07) is 4.14. The van der Waals surface area contributed by atoms with Gasteiger partial charge in [0.25, 0.3) is 0 Å². The van der Waals surface area contributed by atoms with Crippen LogP contribution in [-0.2, 0) is 28.9 Å². The zero-order valence-corrected chi connectivity index (χ0v) is 12.1. The van der Waals surface area contributed by atoms with Gasteiger partial charge in [-0.2, -0.15) is 13.2 Å². The first-order valence-corrected chi connectivity index (χ1v) is 6.62. The summed E-state index contributed by atoms with van der Waals surface area (Å²) in [7, 11) is 0. The third-order valence-electron chi connectivity index (χ3n) is 3.02. The van der Waals surface area contributed by atoms with Crippen molar-refractivity contribution in [2.75, 3.05) is 6.54 Å². The number of carbonyl (C=O) groups excluding carboxylic acids is 1. The van der Waals surface area contributed by atoms with Gasteiger partial charge in [0.2, 0.25) is 5.91 Å². The zero-order valence-electron chi connectivity index (χ0n) is 12.1. The van der Waals surface area contributed by atoms with Gasteiger partial charge in [-0.1, -0.05) is 12.1 Å². The number of alkyl halides is 3. The van der Waals surface area contributed by atoms with Gasteiger partial charge in [-0.15, -0.1) is 5.10 Å². The van der Waals surface area contributed by atoms with E-state index in [2.05, 4.69) is 15.5 Å².